The molecule has 1 aliphatic heterocycles. The standard InChI is InChI=1S/C27H34N4O2S/c1-17(2)25-28-26(24-21-10-5-18(3)15-22(21)34-27(24)29-25)31-13-11-30(12-14-31)23(32)16-19-6-8-20(33-4)9-7-19/h6-9,17-18H,5,10-16H2,1-4H3/t18-/m0/s1. The SMILES string of the molecule is COc1ccc(CC(=O)N2CCN(c3nc(C(C)C)nc4sc5c(c34)CC[C@H](C)C5)CC2)cc1. The Morgan fingerprint density at radius 3 is 2.56 bits per heavy atom. The minimum absolute atomic E-state index is 0.183. The van der Waals surface area contributed by atoms with E-state index in [2.05, 4.69) is 25.7 Å². The largest absolute Gasteiger partial charge is 0.497 e. The van der Waals surface area contributed by atoms with E-state index in [-0.39, 0.29) is 11.8 Å². The van der Waals surface area contributed by atoms with Gasteiger partial charge in [0.1, 0.15) is 22.2 Å². The quantitative estimate of drug-likeness (QED) is 0.525. The van der Waals surface area contributed by atoms with E-state index >= 15 is 0 Å². The second kappa shape index (κ2) is 9.53. The van der Waals surface area contributed by atoms with Gasteiger partial charge in [-0.3, -0.25) is 4.79 Å². The second-order valence-corrected chi connectivity index (χ2v) is 11.1. The third-order valence-electron chi connectivity index (χ3n) is 7.12. The molecule has 6 nitrogen and oxygen atoms in total. The first-order valence-electron chi connectivity index (χ1n) is 12.4. The molecule has 1 aliphatic carbocycles. The van der Waals surface area contributed by atoms with Gasteiger partial charge in [-0.2, -0.15) is 0 Å². The topological polar surface area (TPSA) is 58.6 Å². The summed E-state index contributed by atoms with van der Waals surface area (Å²) >= 11 is 1.87. The summed E-state index contributed by atoms with van der Waals surface area (Å²) in [7, 11) is 1.65. The molecule has 0 unspecified atom stereocenters. The molecule has 0 bridgehead atoms. The van der Waals surface area contributed by atoms with E-state index in [0.717, 1.165) is 72.7 Å². The molecule has 1 amide bonds. The normalized spacial score (nSPS) is 18.4. The van der Waals surface area contributed by atoms with E-state index in [4.69, 9.17) is 14.7 Å². The van der Waals surface area contributed by atoms with E-state index in [1.54, 1.807) is 7.11 Å². The number of piperazine rings is 1. The number of rotatable bonds is 5. The van der Waals surface area contributed by atoms with Gasteiger partial charge in [-0.05, 0) is 48.4 Å². The third kappa shape index (κ3) is 4.50. The number of ether oxygens (including phenoxy) is 1. The number of methoxy groups -OCH3 is 1. The summed E-state index contributed by atoms with van der Waals surface area (Å²) in [5.41, 5.74) is 2.49. The van der Waals surface area contributed by atoms with Crippen molar-refractivity contribution in [2.75, 3.05) is 38.2 Å². The number of carbonyl (C=O) groups is 1. The Morgan fingerprint density at radius 1 is 1.15 bits per heavy atom. The zero-order valence-electron chi connectivity index (χ0n) is 20.6. The molecule has 0 radical (unpaired) electrons. The van der Waals surface area contributed by atoms with Crippen LogP contribution in [0.4, 0.5) is 5.82 Å². The molecule has 2 aliphatic rings. The minimum atomic E-state index is 0.183. The van der Waals surface area contributed by atoms with Crippen LogP contribution >= 0.6 is 11.3 Å². The van der Waals surface area contributed by atoms with Gasteiger partial charge in [0.25, 0.3) is 0 Å². The van der Waals surface area contributed by atoms with E-state index in [0.29, 0.717) is 6.42 Å². The molecule has 0 saturated carbocycles. The van der Waals surface area contributed by atoms with Crippen molar-refractivity contribution < 1.29 is 9.53 Å². The number of thiophene rings is 1. The summed E-state index contributed by atoms with van der Waals surface area (Å²) in [4.78, 5) is 30.0. The van der Waals surface area contributed by atoms with Crippen molar-refractivity contribution >= 4 is 33.3 Å². The van der Waals surface area contributed by atoms with E-state index < -0.39 is 0 Å². The van der Waals surface area contributed by atoms with Crippen molar-refractivity contribution in [3.8, 4) is 5.75 Å². The number of nitrogens with zero attached hydrogens (tertiary/aromatic N) is 4. The smallest absolute Gasteiger partial charge is 0.227 e. The number of aromatic nitrogens is 2. The molecule has 0 N–H and O–H groups in total. The van der Waals surface area contributed by atoms with Gasteiger partial charge in [0, 0.05) is 37.0 Å². The van der Waals surface area contributed by atoms with Gasteiger partial charge in [-0.15, -0.1) is 11.3 Å². The predicted molar refractivity (Wildman–Crippen MR) is 138 cm³/mol. The Labute approximate surface area is 206 Å². The van der Waals surface area contributed by atoms with Crippen LogP contribution in [0.15, 0.2) is 24.3 Å². The van der Waals surface area contributed by atoms with Gasteiger partial charge >= 0.3 is 0 Å². The lowest BCUT2D eigenvalue weighted by atomic mass is 9.89. The first-order chi connectivity index (χ1) is 16.4. The lowest BCUT2D eigenvalue weighted by Gasteiger charge is -2.36. The Hall–Kier alpha value is -2.67. The fourth-order valence-corrected chi connectivity index (χ4v) is 6.41. The zero-order chi connectivity index (χ0) is 23.8. The third-order valence-corrected chi connectivity index (χ3v) is 8.26. The molecule has 1 atom stereocenters. The summed E-state index contributed by atoms with van der Waals surface area (Å²) in [6, 6.07) is 7.77. The lowest BCUT2D eigenvalue weighted by Crippen LogP contribution is -2.49. The summed E-state index contributed by atoms with van der Waals surface area (Å²) in [5, 5.41) is 1.27. The van der Waals surface area contributed by atoms with Crippen LogP contribution in [0.3, 0.4) is 0 Å². The fraction of sp³-hybridized carbons (Fsp3) is 0.519. The number of anilines is 1. The highest BCUT2D eigenvalue weighted by Gasteiger charge is 2.29. The number of fused-ring (bicyclic) bond motifs is 3. The molecular weight excluding hydrogens is 444 g/mol. The number of carbonyl (C=O) groups excluding carboxylic acids is 1. The van der Waals surface area contributed by atoms with Crippen molar-refractivity contribution in [2.45, 2.75) is 52.4 Å². The highest BCUT2D eigenvalue weighted by Crippen LogP contribution is 2.41. The van der Waals surface area contributed by atoms with Crippen LogP contribution in [0, 0.1) is 5.92 Å². The highest BCUT2D eigenvalue weighted by atomic mass is 32.1. The summed E-state index contributed by atoms with van der Waals surface area (Å²) < 4.78 is 5.22. The van der Waals surface area contributed by atoms with Crippen LogP contribution in [0.5, 0.6) is 5.75 Å². The van der Waals surface area contributed by atoms with E-state index in [9.17, 15) is 4.79 Å². The zero-order valence-corrected chi connectivity index (χ0v) is 21.5. The van der Waals surface area contributed by atoms with Crippen molar-refractivity contribution in [3.05, 3.63) is 46.1 Å². The molecule has 2 aromatic heterocycles. The molecule has 0 spiro atoms. The Morgan fingerprint density at radius 2 is 1.88 bits per heavy atom. The fourth-order valence-electron chi connectivity index (χ4n) is 5.02. The van der Waals surface area contributed by atoms with Gasteiger partial charge in [0.05, 0.1) is 18.9 Å². The van der Waals surface area contributed by atoms with E-state index in [1.165, 1.54) is 22.2 Å². The van der Waals surface area contributed by atoms with Crippen molar-refractivity contribution in [1.82, 2.24) is 14.9 Å². The van der Waals surface area contributed by atoms with Gasteiger partial charge in [0.2, 0.25) is 5.91 Å². The lowest BCUT2D eigenvalue weighted by molar-refractivity contribution is -0.130. The molecule has 1 aromatic carbocycles. The average molecular weight is 479 g/mol. The van der Waals surface area contributed by atoms with Crippen LogP contribution in [0.1, 0.15) is 54.9 Å². The predicted octanol–water partition coefficient (Wildman–Crippen LogP) is 4.84. The van der Waals surface area contributed by atoms with Crippen molar-refractivity contribution in [1.29, 1.82) is 0 Å². The summed E-state index contributed by atoms with van der Waals surface area (Å²) in [5.74, 6) is 4.03. The Balaban J connectivity index is 1.35. The number of amides is 1. The van der Waals surface area contributed by atoms with Crippen LogP contribution < -0.4 is 9.64 Å². The van der Waals surface area contributed by atoms with Crippen LogP contribution in [0.25, 0.3) is 10.2 Å². The molecule has 34 heavy (non-hydrogen) atoms. The molecule has 1 saturated heterocycles. The summed E-state index contributed by atoms with van der Waals surface area (Å²) in [6.45, 7) is 9.73. The van der Waals surface area contributed by atoms with Gasteiger partial charge in [-0.25, -0.2) is 9.97 Å². The van der Waals surface area contributed by atoms with Crippen molar-refractivity contribution in [2.24, 2.45) is 5.92 Å². The number of hydrogen-bond donors (Lipinski definition) is 0. The van der Waals surface area contributed by atoms with Crippen LogP contribution in [0.2, 0.25) is 0 Å². The maximum absolute atomic E-state index is 13.0. The number of hydrogen-bond acceptors (Lipinski definition) is 6. The molecule has 1 fully saturated rings. The van der Waals surface area contributed by atoms with Gasteiger partial charge in [0.15, 0.2) is 0 Å². The second-order valence-electron chi connectivity index (χ2n) is 9.98. The first kappa shape index (κ1) is 23.1. The van der Waals surface area contributed by atoms with Crippen LogP contribution in [-0.2, 0) is 24.1 Å². The molecule has 7 heteroatoms. The van der Waals surface area contributed by atoms with E-state index in [1.807, 2.05) is 40.5 Å². The maximum Gasteiger partial charge on any atom is 0.227 e. The Kier molecular flexibility index (Phi) is 6.47. The minimum Gasteiger partial charge on any atom is -0.497 e. The van der Waals surface area contributed by atoms with Gasteiger partial charge in [-0.1, -0.05) is 32.9 Å². The maximum atomic E-state index is 13.0. The first-order valence-corrected chi connectivity index (χ1v) is 13.2. The van der Waals surface area contributed by atoms with Crippen LogP contribution in [-0.4, -0.2) is 54.1 Å². The highest BCUT2D eigenvalue weighted by molar-refractivity contribution is 7.19. The average Bonchev–Trinajstić information content (AvgIpc) is 3.21. The molecule has 3 heterocycles. The molecule has 3 aromatic rings. The molecule has 5 rings (SSSR count). The monoisotopic (exact) mass is 478 g/mol. The van der Waals surface area contributed by atoms with Crippen molar-refractivity contribution in [3.63, 3.8) is 0 Å². The van der Waals surface area contributed by atoms with Gasteiger partial charge < -0.3 is 14.5 Å². The number of benzene rings is 1. The molecule has 180 valence electrons. The Bertz CT molecular complexity index is 1180. The summed E-state index contributed by atoms with van der Waals surface area (Å²) in [6.07, 6.45) is 3.93. The number of aryl methyl sites for hydroxylation is 1. The molecular formula is C27H34N4O2S.